The molecule has 0 fully saturated rings. The second-order valence-corrected chi connectivity index (χ2v) is 24.5. The summed E-state index contributed by atoms with van der Waals surface area (Å²) in [5.41, 5.74) is 20.0. The molecule has 11 aromatic carbocycles. The van der Waals surface area contributed by atoms with E-state index in [9.17, 15) is 0 Å². The summed E-state index contributed by atoms with van der Waals surface area (Å²) in [7, 11) is 0. The van der Waals surface area contributed by atoms with Crippen molar-refractivity contribution in [1.29, 1.82) is 0 Å². The van der Waals surface area contributed by atoms with Gasteiger partial charge in [-0.3, -0.25) is 0 Å². The monoisotopic (exact) mass is 1040 g/mol. The van der Waals surface area contributed by atoms with Gasteiger partial charge in [0.2, 0.25) is 0 Å². The van der Waals surface area contributed by atoms with Crippen molar-refractivity contribution in [2.24, 2.45) is 0 Å². The van der Waals surface area contributed by atoms with Gasteiger partial charge in [0.25, 0.3) is 0 Å². The van der Waals surface area contributed by atoms with E-state index >= 15 is 0 Å². The Morgan fingerprint density at radius 3 is 1.04 bits per heavy atom. The Labute approximate surface area is 464 Å². The van der Waals surface area contributed by atoms with E-state index in [2.05, 4.69) is 261 Å². The van der Waals surface area contributed by atoms with Crippen LogP contribution in [0, 0.1) is 27.7 Å². The molecule has 6 nitrogen and oxygen atoms in total. The van der Waals surface area contributed by atoms with Crippen LogP contribution in [0.25, 0.3) is 109 Å². The van der Waals surface area contributed by atoms with E-state index in [1.54, 1.807) is 0 Å². The average Bonchev–Trinajstić information content (AvgIpc) is 4.21. The summed E-state index contributed by atoms with van der Waals surface area (Å²) in [6.45, 7) is 22.1. The minimum atomic E-state index is -0.0855. The van der Waals surface area contributed by atoms with E-state index in [1.807, 2.05) is 0 Å². The Bertz CT molecular complexity index is 4750. The van der Waals surface area contributed by atoms with Crippen LogP contribution in [0.1, 0.15) is 74.9 Å². The molecule has 80 heavy (non-hydrogen) atoms. The summed E-state index contributed by atoms with van der Waals surface area (Å²) in [6.07, 6.45) is 0. The highest BCUT2D eigenvalue weighted by Crippen LogP contribution is 2.48. The van der Waals surface area contributed by atoms with E-state index in [1.165, 1.54) is 33.4 Å². The predicted molar refractivity (Wildman–Crippen MR) is 336 cm³/mol. The van der Waals surface area contributed by atoms with Gasteiger partial charge in [-0.15, -0.1) is 0 Å². The van der Waals surface area contributed by atoms with Gasteiger partial charge in [-0.05, 0) is 173 Å². The number of hydrogen-bond acceptors (Lipinski definition) is 6. The number of benzene rings is 11. The molecule has 0 amide bonds. The fourth-order valence-corrected chi connectivity index (χ4v) is 12.9. The van der Waals surface area contributed by atoms with Crippen molar-refractivity contribution >= 4 is 143 Å². The first-order valence-electron chi connectivity index (χ1n) is 27.9. The van der Waals surface area contributed by atoms with Gasteiger partial charge in [0.1, 0.15) is 33.5 Å². The normalized spacial score (nSPS) is 12.6. The predicted octanol–water partition coefficient (Wildman–Crippen LogP) is 22.4. The van der Waals surface area contributed by atoms with Gasteiger partial charge in [-0.2, -0.15) is 0 Å². The zero-order valence-corrected chi connectivity index (χ0v) is 46.8. The lowest BCUT2D eigenvalue weighted by molar-refractivity contribution is 0.572. The smallest absolute Gasteiger partial charge is 0.159 e. The SMILES string of the molecule is Cc1cc(C)cc(N(c2ccc3cc4c(cc3c2)oc2cc3oc5cc6cc(N(c7cc(C)cc(C)c7)c7cccc8c7oc7c(C(C)(C)C)cccc78)ccc6cc5c3cc24)c2cccc3c2oc2c(C(C)(C)C)cccc23)c1. The molecule has 6 heteroatoms. The van der Waals surface area contributed by atoms with Gasteiger partial charge < -0.3 is 27.5 Å². The van der Waals surface area contributed by atoms with Gasteiger partial charge in [0.05, 0.1) is 11.4 Å². The Balaban J connectivity index is 0.838. The van der Waals surface area contributed by atoms with E-state index in [0.29, 0.717) is 0 Å². The Morgan fingerprint density at radius 1 is 0.275 bits per heavy atom. The number of aryl methyl sites for hydroxylation is 4. The molecule has 0 saturated carbocycles. The minimum absolute atomic E-state index is 0.0855. The third-order valence-corrected chi connectivity index (χ3v) is 16.5. The standard InChI is InChI=1S/C74H60N2O4/c1-41-27-42(2)30-51(29-41)75(63-21-13-17-55-53-15-11-19-61(73(5,6)7)69(53)79-71(55)63)49-25-23-45-35-57-59-39-60-58-36-46-24-26-50(34-48(46)38-66(58)78-68(60)40-67(59)77-65(57)37-47(45)33-49)76(52-31-43(3)28-44(4)32-52)64-22-14-18-56-54-16-12-20-62(74(8,9)10)70(54)80-72(56)64/h11-40H,1-10H3. The number of hydrogen-bond donors (Lipinski definition) is 0. The van der Waals surface area contributed by atoms with E-state index in [-0.39, 0.29) is 10.8 Å². The van der Waals surface area contributed by atoms with Gasteiger partial charge in [-0.25, -0.2) is 0 Å². The molecular formula is C74H60N2O4. The first-order chi connectivity index (χ1) is 38.5. The van der Waals surface area contributed by atoms with Crippen LogP contribution >= 0.6 is 0 Å². The second kappa shape index (κ2) is 17.1. The number of nitrogens with zero attached hydrogens (tertiary/aromatic N) is 2. The fourth-order valence-electron chi connectivity index (χ4n) is 12.9. The van der Waals surface area contributed by atoms with Crippen molar-refractivity contribution in [3.05, 3.63) is 215 Å². The highest BCUT2D eigenvalue weighted by molar-refractivity contribution is 6.19. The van der Waals surface area contributed by atoms with Crippen LogP contribution in [0.4, 0.5) is 34.1 Å². The third-order valence-electron chi connectivity index (χ3n) is 16.5. The summed E-state index contributed by atoms with van der Waals surface area (Å²) >= 11 is 0. The summed E-state index contributed by atoms with van der Waals surface area (Å²) in [4.78, 5) is 4.69. The molecule has 0 atom stereocenters. The number of rotatable bonds is 6. The number of para-hydroxylation sites is 4. The first-order valence-corrected chi connectivity index (χ1v) is 27.9. The quantitative estimate of drug-likeness (QED) is 0.165. The molecule has 15 aromatic rings. The number of fused-ring (bicyclic) bond motifs is 14. The maximum absolute atomic E-state index is 6.99. The van der Waals surface area contributed by atoms with Crippen LogP contribution in [-0.4, -0.2) is 0 Å². The molecule has 15 rings (SSSR count). The maximum atomic E-state index is 6.99. The summed E-state index contributed by atoms with van der Waals surface area (Å²) in [6, 6.07) is 66.3. The number of anilines is 6. The lowest BCUT2D eigenvalue weighted by Gasteiger charge is -2.26. The molecule has 0 N–H and O–H groups in total. The highest BCUT2D eigenvalue weighted by Gasteiger charge is 2.27. The van der Waals surface area contributed by atoms with Gasteiger partial charge in [0, 0.05) is 83.0 Å². The summed E-state index contributed by atoms with van der Waals surface area (Å²) in [5, 5.41) is 13.1. The molecule has 4 aromatic heterocycles. The Hall–Kier alpha value is -9.26. The van der Waals surface area contributed by atoms with Crippen LogP contribution in [-0.2, 0) is 10.8 Å². The second-order valence-electron chi connectivity index (χ2n) is 24.5. The molecule has 0 unspecified atom stereocenters. The molecular weight excluding hydrogens is 981 g/mol. The van der Waals surface area contributed by atoms with Crippen LogP contribution in [0.3, 0.4) is 0 Å². The lowest BCUT2D eigenvalue weighted by atomic mass is 9.86. The lowest BCUT2D eigenvalue weighted by Crippen LogP contribution is -2.11. The van der Waals surface area contributed by atoms with Crippen molar-refractivity contribution in [3.63, 3.8) is 0 Å². The molecule has 390 valence electrons. The van der Waals surface area contributed by atoms with E-state index < -0.39 is 0 Å². The molecule has 0 spiro atoms. The van der Waals surface area contributed by atoms with E-state index in [0.717, 1.165) is 143 Å². The van der Waals surface area contributed by atoms with Gasteiger partial charge in [0.15, 0.2) is 11.2 Å². The van der Waals surface area contributed by atoms with Gasteiger partial charge in [-0.1, -0.05) is 126 Å². The molecule has 0 radical (unpaired) electrons. The molecule has 0 aliphatic carbocycles. The van der Waals surface area contributed by atoms with Gasteiger partial charge >= 0.3 is 0 Å². The zero-order valence-electron chi connectivity index (χ0n) is 46.8. The van der Waals surface area contributed by atoms with Crippen LogP contribution < -0.4 is 9.80 Å². The van der Waals surface area contributed by atoms with Crippen molar-refractivity contribution < 1.29 is 17.7 Å². The minimum Gasteiger partial charge on any atom is -0.456 e. The molecule has 0 bridgehead atoms. The van der Waals surface area contributed by atoms with Crippen molar-refractivity contribution in [2.75, 3.05) is 9.80 Å². The van der Waals surface area contributed by atoms with Crippen LogP contribution in [0.15, 0.2) is 200 Å². The van der Waals surface area contributed by atoms with Crippen molar-refractivity contribution in [3.8, 4) is 0 Å². The molecule has 0 aliphatic rings. The van der Waals surface area contributed by atoms with E-state index in [4.69, 9.17) is 17.7 Å². The van der Waals surface area contributed by atoms with Crippen molar-refractivity contribution in [1.82, 2.24) is 0 Å². The number of furan rings is 4. The third kappa shape index (κ3) is 7.52. The average molecular weight is 1040 g/mol. The molecule has 4 heterocycles. The highest BCUT2D eigenvalue weighted by atomic mass is 16.3. The summed E-state index contributed by atoms with van der Waals surface area (Å²) in [5.74, 6) is 0. The zero-order chi connectivity index (χ0) is 54.7. The topological polar surface area (TPSA) is 59.0 Å². The maximum Gasteiger partial charge on any atom is 0.159 e. The van der Waals surface area contributed by atoms with Crippen molar-refractivity contribution in [2.45, 2.75) is 80.1 Å². The molecule has 0 aliphatic heterocycles. The van der Waals surface area contributed by atoms with Crippen LogP contribution in [0.2, 0.25) is 0 Å². The first kappa shape index (κ1) is 47.9. The Morgan fingerprint density at radius 2 is 0.637 bits per heavy atom. The van der Waals surface area contributed by atoms with Crippen LogP contribution in [0.5, 0.6) is 0 Å². The fraction of sp³-hybridized carbons (Fsp3) is 0.162. The summed E-state index contributed by atoms with van der Waals surface area (Å²) < 4.78 is 27.6. The largest absolute Gasteiger partial charge is 0.456 e. The molecule has 0 saturated heterocycles. The Kier molecular flexibility index (Phi) is 10.3.